The van der Waals surface area contributed by atoms with Gasteiger partial charge in [-0.3, -0.25) is 20.4 Å². The first-order valence-electron chi connectivity index (χ1n) is 8.99. The fourth-order valence-electron chi connectivity index (χ4n) is 2.56. The van der Waals surface area contributed by atoms with E-state index < -0.39 is 11.8 Å². The second-order valence-electron chi connectivity index (χ2n) is 6.70. The van der Waals surface area contributed by atoms with Gasteiger partial charge in [-0.2, -0.15) is 0 Å². The fraction of sp³-hybridized carbons (Fsp3) is 0.263. The number of nitrogens with zero attached hydrogens (tertiary/aromatic N) is 3. The quantitative estimate of drug-likeness (QED) is 0.401. The van der Waals surface area contributed by atoms with Gasteiger partial charge in [-0.1, -0.05) is 48.8 Å². The zero-order valence-corrected chi connectivity index (χ0v) is 18.5. The van der Waals surface area contributed by atoms with Crippen LogP contribution in [0.5, 0.6) is 0 Å². The van der Waals surface area contributed by atoms with E-state index in [1.165, 1.54) is 24.1 Å². The van der Waals surface area contributed by atoms with Crippen LogP contribution in [0.25, 0.3) is 11.4 Å². The highest BCUT2D eigenvalue weighted by molar-refractivity contribution is 7.99. The van der Waals surface area contributed by atoms with Crippen molar-refractivity contribution in [2.24, 2.45) is 5.92 Å². The smallest absolute Gasteiger partial charge is 0.305 e. The molecule has 2 N–H and O–H groups in total. The molecule has 0 aliphatic rings. The van der Waals surface area contributed by atoms with Crippen molar-refractivity contribution in [3.63, 3.8) is 0 Å². The van der Waals surface area contributed by atoms with Crippen LogP contribution in [0.2, 0.25) is 10.0 Å². The van der Waals surface area contributed by atoms with E-state index in [1.807, 2.05) is 4.57 Å². The summed E-state index contributed by atoms with van der Waals surface area (Å²) >= 11 is 13.5. The van der Waals surface area contributed by atoms with E-state index in [1.54, 1.807) is 24.3 Å². The molecule has 0 saturated heterocycles. The molecule has 0 radical (unpaired) electrons. The molecule has 3 rings (SSSR count). The van der Waals surface area contributed by atoms with Crippen LogP contribution >= 0.6 is 35.0 Å². The second-order valence-corrected chi connectivity index (χ2v) is 8.49. The zero-order chi connectivity index (χ0) is 21.7. The van der Waals surface area contributed by atoms with Crippen LogP contribution in [0, 0.1) is 5.92 Å². The Labute approximate surface area is 187 Å². The number of hydrogen-bond acceptors (Lipinski definition) is 6. The van der Waals surface area contributed by atoms with Gasteiger partial charge in [-0.05, 0) is 36.2 Å². The van der Waals surface area contributed by atoms with Crippen LogP contribution in [0.4, 0.5) is 0 Å². The van der Waals surface area contributed by atoms with E-state index in [0.717, 1.165) is 0 Å². The molecule has 2 heterocycles. The maximum atomic E-state index is 12.1. The lowest BCUT2D eigenvalue weighted by Crippen LogP contribution is -2.42. The van der Waals surface area contributed by atoms with Crippen molar-refractivity contribution >= 4 is 46.8 Å². The molecular weight excluding hydrogens is 449 g/mol. The van der Waals surface area contributed by atoms with Gasteiger partial charge in [-0.15, -0.1) is 10.2 Å². The van der Waals surface area contributed by atoms with E-state index >= 15 is 0 Å². The van der Waals surface area contributed by atoms with Gasteiger partial charge in [0, 0.05) is 17.1 Å². The number of nitrogens with one attached hydrogen (secondary N) is 2. The topological polar surface area (TPSA) is 102 Å². The number of benzene rings is 1. The van der Waals surface area contributed by atoms with Gasteiger partial charge in [0.2, 0.25) is 5.91 Å². The minimum absolute atomic E-state index is 0.0308. The molecular formula is C19H19Cl2N5O3S. The normalized spacial score (nSPS) is 11.0. The van der Waals surface area contributed by atoms with E-state index in [4.69, 9.17) is 27.6 Å². The Balaban J connectivity index is 1.68. The van der Waals surface area contributed by atoms with Crippen molar-refractivity contribution in [1.29, 1.82) is 0 Å². The van der Waals surface area contributed by atoms with Crippen molar-refractivity contribution in [2.75, 3.05) is 5.75 Å². The predicted molar refractivity (Wildman–Crippen MR) is 115 cm³/mol. The average molecular weight is 468 g/mol. The van der Waals surface area contributed by atoms with E-state index in [-0.39, 0.29) is 11.5 Å². The molecule has 11 heteroatoms. The molecule has 30 heavy (non-hydrogen) atoms. The molecule has 2 aromatic heterocycles. The molecule has 0 unspecified atom stereocenters. The highest BCUT2D eigenvalue weighted by Crippen LogP contribution is 2.31. The lowest BCUT2D eigenvalue weighted by molar-refractivity contribution is -0.119. The summed E-state index contributed by atoms with van der Waals surface area (Å²) < 4.78 is 6.88. The number of aromatic nitrogens is 3. The molecule has 3 aromatic rings. The van der Waals surface area contributed by atoms with Crippen LogP contribution in [-0.2, 0) is 11.3 Å². The first-order valence-corrected chi connectivity index (χ1v) is 10.7. The molecule has 1 aromatic carbocycles. The first-order chi connectivity index (χ1) is 14.3. The summed E-state index contributed by atoms with van der Waals surface area (Å²) in [7, 11) is 0. The lowest BCUT2D eigenvalue weighted by atomic mass is 10.2. The van der Waals surface area contributed by atoms with Crippen LogP contribution < -0.4 is 10.9 Å². The van der Waals surface area contributed by atoms with Gasteiger partial charge >= 0.3 is 5.91 Å². The number of carbonyl (C=O) groups is 2. The number of carbonyl (C=O) groups excluding carboxylic acids is 2. The summed E-state index contributed by atoms with van der Waals surface area (Å²) in [6.45, 7) is 4.78. The number of hydrazine groups is 1. The van der Waals surface area contributed by atoms with E-state index in [9.17, 15) is 9.59 Å². The second kappa shape index (κ2) is 10.0. The fourth-order valence-corrected chi connectivity index (χ4v) is 3.80. The van der Waals surface area contributed by atoms with Crippen LogP contribution in [0.15, 0.2) is 46.2 Å². The number of amides is 2. The van der Waals surface area contributed by atoms with Gasteiger partial charge in [0.05, 0.1) is 17.0 Å². The predicted octanol–water partition coefficient (Wildman–Crippen LogP) is 4.05. The Morgan fingerprint density at radius 1 is 1.20 bits per heavy atom. The number of rotatable bonds is 7. The summed E-state index contributed by atoms with van der Waals surface area (Å²) in [4.78, 5) is 23.9. The maximum absolute atomic E-state index is 12.1. The molecule has 0 spiro atoms. The minimum atomic E-state index is -0.541. The number of halogens is 2. The highest BCUT2D eigenvalue weighted by atomic mass is 35.5. The molecule has 158 valence electrons. The lowest BCUT2D eigenvalue weighted by Gasteiger charge is -2.13. The summed E-state index contributed by atoms with van der Waals surface area (Å²) in [5.74, 6) is 0.101. The Morgan fingerprint density at radius 2 is 2.00 bits per heavy atom. The SMILES string of the molecule is CC(C)Cn1c(SCC(=O)NNC(=O)c2ccco2)nnc1-c1ccc(Cl)cc1Cl. The minimum Gasteiger partial charge on any atom is -0.459 e. The number of furan rings is 1. The Hall–Kier alpha value is -2.49. The van der Waals surface area contributed by atoms with Crippen LogP contribution in [-0.4, -0.2) is 32.3 Å². The largest absolute Gasteiger partial charge is 0.459 e. The molecule has 0 aliphatic carbocycles. The van der Waals surface area contributed by atoms with Crippen molar-refractivity contribution in [3.05, 3.63) is 52.4 Å². The molecule has 0 atom stereocenters. The molecule has 0 bridgehead atoms. The van der Waals surface area contributed by atoms with Gasteiger partial charge in [-0.25, -0.2) is 0 Å². The van der Waals surface area contributed by atoms with Gasteiger partial charge in [0.25, 0.3) is 0 Å². The molecule has 0 aliphatic heterocycles. The van der Waals surface area contributed by atoms with Crippen LogP contribution in [0.3, 0.4) is 0 Å². The third kappa shape index (κ3) is 5.56. The zero-order valence-electron chi connectivity index (χ0n) is 16.2. The summed E-state index contributed by atoms with van der Waals surface area (Å²) in [5.41, 5.74) is 5.34. The third-order valence-corrected chi connectivity index (χ3v) is 5.34. The molecule has 0 saturated carbocycles. The van der Waals surface area contributed by atoms with Crippen molar-refractivity contribution in [3.8, 4) is 11.4 Å². The molecule has 2 amide bonds. The average Bonchev–Trinajstić information content (AvgIpc) is 3.35. The van der Waals surface area contributed by atoms with E-state index in [2.05, 4.69) is 34.9 Å². The first kappa shape index (κ1) is 22.2. The monoisotopic (exact) mass is 467 g/mol. The Kier molecular flexibility index (Phi) is 7.41. The summed E-state index contributed by atoms with van der Waals surface area (Å²) in [6.07, 6.45) is 1.37. The van der Waals surface area contributed by atoms with Crippen molar-refractivity contribution in [2.45, 2.75) is 25.5 Å². The Bertz CT molecular complexity index is 1040. The Morgan fingerprint density at radius 3 is 2.67 bits per heavy atom. The van der Waals surface area contributed by atoms with Crippen LogP contribution in [0.1, 0.15) is 24.4 Å². The number of hydrogen-bond donors (Lipinski definition) is 2. The number of thioether (sulfide) groups is 1. The third-order valence-electron chi connectivity index (χ3n) is 3.83. The maximum Gasteiger partial charge on any atom is 0.305 e. The van der Waals surface area contributed by atoms with Gasteiger partial charge in [0.15, 0.2) is 16.7 Å². The molecule has 0 fully saturated rings. The standard InChI is InChI=1S/C19H19Cl2N5O3S/c1-11(2)9-26-17(13-6-5-12(20)8-14(13)21)23-25-19(26)30-10-16(27)22-24-18(28)15-4-3-7-29-15/h3-8,11H,9-10H2,1-2H3,(H,22,27)(H,24,28). The van der Waals surface area contributed by atoms with Gasteiger partial charge < -0.3 is 8.98 Å². The highest BCUT2D eigenvalue weighted by Gasteiger charge is 2.19. The summed E-state index contributed by atoms with van der Waals surface area (Å²) in [6, 6.07) is 8.25. The molecule has 8 nitrogen and oxygen atoms in total. The van der Waals surface area contributed by atoms with Crippen molar-refractivity contribution < 1.29 is 14.0 Å². The van der Waals surface area contributed by atoms with E-state index in [0.29, 0.717) is 39.1 Å². The van der Waals surface area contributed by atoms with Crippen molar-refractivity contribution in [1.82, 2.24) is 25.6 Å². The summed E-state index contributed by atoms with van der Waals surface area (Å²) in [5, 5.41) is 10.0. The van der Waals surface area contributed by atoms with Gasteiger partial charge in [0.1, 0.15) is 0 Å².